The van der Waals surface area contributed by atoms with Gasteiger partial charge in [-0.3, -0.25) is 10.1 Å². The maximum absolute atomic E-state index is 10.8. The molecule has 0 N–H and O–H groups in total. The Balaban J connectivity index is 1.56. The summed E-state index contributed by atoms with van der Waals surface area (Å²) >= 11 is 0. The summed E-state index contributed by atoms with van der Waals surface area (Å²) in [4.78, 5) is 10.3. The highest BCUT2D eigenvalue weighted by Crippen LogP contribution is 2.22. The van der Waals surface area contributed by atoms with Crippen LogP contribution >= 0.6 is 0 Å². The molecule has 150 valence electrons. The van der Waals surface area contributed by atoms with Gasteiger partial charge in [-0.25, -0.2) is 0 Å². The summed E-state index contributed by atoms with van der Waals surface area (Å²) in [5.41, 5.74) is 3.04. The SMILES string of the molecule is Cc1ccc(OCCOc2ccc(C=C(C#N)c3ccc([N+](=O)[O-])cc3)cc2)cc1. The topological polar surface area (TPSA) is 85.4 Å². The maximum Gasteiger partial charge on any atom is 0.269 e. The van der Waals surface area contributed by atoms with Gasteiger partial charge in [0.1, 0.15) is 24.7 Å². The second-order valence-electron chi connectivity index (χ2n) is 6.55. The summed E-state index contributed by atoms with van der Waals surface area (Å²) in [6.45, 7) is 2.87. The molecule has 3 aromatic carbocycles. The number of nitro groups is 1. The van der Waals surface area contributed by atoms with Crippen LogP contribution in [0.15, 0.2) is 72.8 Å². The molecule has 0 aliphatic rings. The van der Waals surface area contributed by atoms with Gasteiger partial charge in [0.05, 0.1) is 16.6 Å². The van der Waals surface area contributed by atoms with Crippen LogP contribution in [-0.2, 0) is 0 Å². The lowest BCUT2D eigenvalue weighted by molar-refractivity contribution is -0.384. The quantitative estimate of drug-likeness (QED) is 0.166. The van der Waals surface area contributed by atoms with Crippen LogP contribution in [0.4, 0.5) is 5.69 Å². The van der Waals surface area contributed by atoms with Gasteiger partial charge in [-0.05, 0) is 60.5 Å². The predicted octanol–water partition coefficient (Wildman–Crippen LogP) is 5.43. The van der Waals surface area contributed by atoms with Crippen molar-refractivity contribution in [2.24, 2.45) is 0 Å². The Morgan fingerprint density at radius 3 is 1.97 bits per heavy atom. The average molecular weight is 400 g/mol. The highest BCUT2D eigenvalue weighted by Gasteiger charge is 2.07. The molecule has 0 saturated heterocycles. The summed E-state index contributed by atoms with van der Waals surface area (Å²) in [5.74, 6) is 1.51. The van der Waals surface area contributed by atoms with Crippen molar-refractivity contribution in [3.8, 4) is 17.6 Å². The molecule has 0 radical (unpaired) electrons. The van der Waals surface area contributed by atoms with Crippen molar-refractivity contribution in [1.29, 1.82) is 5.26 Å². The standard InChI is InChI=1S/C24H20N2O4/c1-18-2-10-23(11-3-18)29-14-15-30-24-12-4-19(5-13-24)16-21(17-25)20-6-8-22(9-7-20)26(27)28/h2-13,16H,14-15H2,1H3. The first-order valence-corrected chi connectivity index (χ1v) is 9.34. The molecule has 30 heavy (non-hydrogen) atoms. The molecule has 0 aliphatic heterocycles. The first kappa shape index (κ1) is 20.6. The van der Waals surface area contributed by atoms with Crippen molar-refractivity contribution in [2.75, 3.05) is 13.2 Å². The first-order chi connectivity index (χ1) is 14.5. The minimum Gasteiger partial charge on any atom is -0.490 e. The lowest BCUT2D eigenvalue weighted by Gasteiger charge is -2.09. The minimum absolute atomic E-state index is 0.0103. The third-order valence-electron chi connectivity index (χ3n) is 4.34. The number of allylic oxidation sites excluding steroid dienone is 1. The molecule has 6 nitrogen and oxygen atoms in total. The third-order valence-corrected chi connectivity index (χ3v) is 4.34. The molecule has 6 heteroatoms. The van der Waals surface area contributed by atoms with Gasteiger partial charge in [-0.2, -0.15) is 5.26 Å². The van der Waals surface area contributed by atoms with Crippen molar-refractivity contribution < 1.29 is 14.4 Å². The summed E-state index contributed by atoms with van der Waals surface area (Å²) in [6, 6.07) is 23.2. The van der Waals surface area contributed by atoms with Crippen LogP contribution in [0.2, 0.25) is 0 Å². The zero-order valence-electron chi connectivity index (χ0n) is 16.4. The molecule has 0 aliphatic carbocycles. The Labute approximate surface area is 174 Å². The van der Waals surface area contributed by atoms with Crippen molar-refractivity contribution >= 4 is 17.3 Å². The van der Waals surface area contributed by atoms with Crippen molar-refractivity contribution in [2.45, 2.75) is 6.92 Å². The molecule has 0 bridgehead atoms. The lowest BCUT2D eigenvalue weighted by atomic mass is 10.0. The van der Waals surface area contributed by atoms with E-state index in [2.05, 4.69) is 6.07 Å². The fraction of sp³-hybridized carbons (Fsp3) is 0.125. The van der Waals surface area contributed by atoms with Crippen LogP contribution in [0.5, 0.6) is 11.5 Å². The number of hydrogen-bond acceptors (Lipinski definition) is 5. The molecular formula is C24H20N2O4. The number of rotatable bonds is 8. The van der Waals surface area contributed by atoms with E-state index in [1.54, 1.807) is 18.2 Å². The second-order valence-corrected chi connectivity index (χ2v) is 6.55. The number of ether oxygens (including phenoxy) is 2. The van der Waals surface area contributed by atoms with Gasteiger partial charge in [-0.1, -0.05) is 29.8 Å². The summed E-state index contributed by atoms with van der Waals surface area (Å²) in [5, 5.41) is 20.2. The van der Waals surface area contributed by atoms with Gasteiger partial charge in [-0.15, -0.1) is 0 Å². The first-order valence-electron chi connectivity index (χ1n) is 9.34. The van der Waals surface area contributed by atoms with E-state index in [9.17, 15) is 15.4 Å². The van der Waals surface area contributed by atoms with Crippen LogP contribution in [0, 0.1) is 28.4 Å². The van der Waals surface area contributed by atoms with E-state index in [4.69, 9.17) is 9.47 Å². The Morgan fingerprint density at radius 1 is 0.933 bits per heavy atom. The van der Waals surface area contributed by atoms with E-state index in [1.807, 2.05) is 55.5 Å². The Kier molecular flexibility index (Phi) is 6.80. The number of nitriles is 1. The number of nitrogens with zero attached hydrogens (tertiary/aromatic N) is 2. The zero-order chi connectivity index (χ0) is 21.3. The Bertz CT molecular complexity index is 1060. The average Bonchev–Trinajstić information content (AvgIpc) is 2.77. The van der Waals surface area contributed by atoms with Crippen molar-refractivity contribution in [1.82, 2.24) is 0 Å². The molecule has 0 amide bonds. The number of benzene rings is 3. The molecule has 0 aromatic heterocycles. The van der Waals surface area contributed by atoms with Gasteiger partial charge >= 0.3 is 0 Å². The van der Waals surface area contributed by atoms with Gasteiger partial charge in [0.15, 0.2) is 0 Å². The van der Waals surface area contributed by atoms with Gasteiger partial charge < -0.3 is 9.47 Å². The molecule has 3 aromatic rings. The molecule has 0 spiro atoms. The monoisotopic (exact) mass is 400 g/mol. The highest BCUT2D eigenvalue weighted by molar-refractivity contribution is 5.89. The van der Waals surface area contributed by atoms with Gasteiger partial charge in [0.25, 0.3) is 5.69 Å². The highest BCUT2D eigenvalue weighted by atomic mass is 16.6. The van der Waals surface area contributed by atoms with E-state index < -0.39 is 4.92 Å². The van der Waals surface area contributed by atoms with Crippen LogP contribution in [-0.4, -0.2) is 18.1 Å². The molecule has 0 fully saturated rings. The van der Waals surface area contributed by atoms with Crippen LogP contribution in [0.3, 0.4) is 0 Å². The van der Waals surface area contributed by atoms with E-state index in [0.717, 1.165) is 11.3 Å². The van der Waals surface area contributed by atoms with E-state index in [1.165, 1.54) is 17.7 Å². The molecule has 0 heterocycles. The van der Waals surface area contributed by atoms with Gasteiger partial charge in [0.2, 0.25) is 0 Å². The molecule has 3 rings (SSSR count). The van der Waals surface area contributed by atoms with Crippen molar-refractivity contribution in [3.05, 3.63) is 99.6 Å². The predicted molar refractivity (Wildman–Crippen MR) is 115 cm³/mol. The molecule has 0 saturated carbocycles. The smallest absolute Gasteiger partial charge is 0.269 e. The summed E-state index contributed by atoms with van der Waals surface area (Å²) < 4.78 is 11.3. The summed E-state index contributed by atoms with van der Waals surface area (Å²) in [6.07, 6.45) is 1.73. The maximum atomic E-state index is 10.8. The van der Waals surface area contributed by atoms with Gasteiger partial charge in [0, 0.05) is 12.1 Å². The van der Waals surface area contributed by atoms with Crippen LogP contribution < -0.4 is 9.47 Å². The number of non-ortho nitro benzene ring substituents is 1. The molecule has 0 atom stereocenters. The van der Waals surface area contributed by atoms with Crippen molar-refractivity contribution in [3.63, 3.8) is 0 Å². The normalized spacial score (nSPS) is 10.9. The summed E-state index contributed by atoms with van der Waals surface area (Å²) in [7, 11) is 0. The number of nitro benzene ring substituents is 1. The Hall–Kier alpha value is -4.11. The second kappa shape index (κ2) is 9.89. The van der Waals surface area contributed by atoms with E-state index in [-0.39, 0.29) is 5.69 Å². The van der Waals surface area contributed by atoms with E-state index >= 15 is 0 Å². The number of hydrogen-bond donors (Lipinski definition) is 0. The fourth-order valence-electron chi connectivity index (χ4n) is 2.72. The van der Waals surface area contributed by atoms with E-state index in [0.29, 0.717) is 30.1 Å². The zero-order valence-corrected chi connectivity index (χ0v) is 16.4. The van der Waals surface area contributed by atoms with Crippen LogP contribution in [0.1, 0.15) is 16.7 Å². The largest absolute Gasteiger partial charge is 0.490 e. The third kappa shape index (κ3) is 5.69. The molecular weight excluding hydrogens is 380 g/mol. The number of aryl methyl sites for hydroxylation is 1. The lowest BCUT2D eigenvalue weighted by Crippen LogP contribution is -2.08. The van der Waals surface area contributed by atoms with Crippen LogP contribution in [0.25, 0.3) is 11.6 Å². The molecule has 0 unspecified atom stereocenters. The Morgan fingerprint density at radius 2 is 1.47 bits per heavy atom. The minimum atomic E-state index is -0.468. The fourth-order valence-corrected chi connectivity index (χ4v) is 2.72.